The van der Waals surface area contributed by atoms with Crippen LogP contribution in [0.2, 0.25) is 0 Å². The Morgan fingerprint density at radius 3 is 2.90 bits per heavy atom. The average Bonchev–Trinajstić information content (AvgIpc) is 2.81. The van der Waals surface area contributed by atoms with Crippen LogP contribution in [0.1, 0.15) is 53.6 Å². The molecule has 114 valence electrons. The predicted molar refractivity (Wildman–Crippen MR) is 84.6 cm³/mol. The maximum atomic E-state index is 12.7. The number of hydrogen-bond acceptors (Lipinski definition) is 3. The molecule has 0 spiro atoms. The van der Waals surface area contributed by atoms with E-state index in [1.807, 2.05) is 4.90 Å². The minimum Gasteiger partial charge on any atom is -0.478 e. The number of thiophene rings is 1. The molecule has 1 saturated heterocycles. The molecule has 1 amide bonds. The van der Waals surface area contributed by atoms with Crippen LogP contribution in [0.25, 0.3) is 6.08 Å². The fraction of sp³-hybridized carbons (Fsp3) is 0.500. The minimum absolute atomic E-state index is 0.0868. The van der Waals surface area contributed by atoms with Gasteiger partial charge in [-0.3, -0.25) is 4.79 Å². The summed E-state index contributed by atoms with van der Waals surface area (Å²) in [6.45, 7) is 2.96. The quantitative estimate of drug-likeness (QED) is 0.864. The van der Waals surface area contributed by atoms with Crippen LogP contribution in [0, 0.1) is 0 Å². The lowest BCUT2D eigenvalue weighted by Crippen LogP contribution is -2.39. The molecule has 0 saturated carbocycles. The van der Waals surface area contributed by atoms with Crippen molar-refractivity contribution >= 4 is 29.3 Å². The lowest BCUT2D eigenvalue weighted by molar-refractivity contribution is -0.131. The van der Waals surface area contributed by atoms with Crippen LogP contribution in [0.5, 0.6) is 0 Å². The number of carboxylic acids is 1. The van der Waals surface area contributed by atoms with Gasteiger partial charge in [-0.15, -0.1) is 11.3 Å². The van der Waals surface area contributed by atoms with E-state index in [4.69, 9.17) is 5.11 Å². The van der Waals surface area contributed by atoms with E-state index in [-0.39, 0.29) is 5.91 Å². The van der Waals surface area contributed by atoms with Crippen molar-refractivity contribution in [1.29, 1.82) is 0 Å². The topological polar surface area (TPSA) is 57.6 Å². The summed E-state index contributed by atoms with van der Waals surface area (Å²) in [5, 5.41) is 8.64. The zero-order chi connectivity index (χ0) is 15.2. The Morgan fingerprint density at radius 2 is 2.19 bits per heavy atom. The van der Waals surface area contributed by atoms with Crippen molar-refractivity contribution in [1.82, 2.24) is 4.90 Å². The molecule has 1 aromatic rings. The number of amides is 1. The highest BCUT2D eigenvalue weighted by Crippen LogP contribution is 2.25. The third-order valence-electron chi connectivity index (χ3n) is 3.84. The van der Waals surface area contributed by atoms with E-state index in [0.29, 0.717) is 10.9 Å². The van der Waals surface area contributed by atoms with E-state index in [1.165, 1.54) is 30.3 Å². The van der Waals surface area contributed by atoms with Gasteiger partial charge in [0, 0.05) is 23.5 Å². The van der Waals surface area contributed by atoms with Crippen LogP contribution in [-0.2, 0) is 4.79 Å². The fourth-order valence-electron chi connectivity index (χ4n) is 2.72. The Labute approximate surface area is 129 Å². The second-order valence-electron chi connectivity index (χ2n) is 5.28. The molecule has 1 aromatic heterocycles. The van der Waals surface area contributed by atoms with Gasteiger partial charge in [0.15, 0.2) is 0 Å². The van der Waals surface area contributed by atoms with Gasteiger partial charge in [0.1, 0.15) is 0 Å². The van der Waals surface area contributed by atoms with Crippen molar-refractivity contribution in [2.45, 2.75) is 45.1 Å². The van der Waals surface area contributed by atoms with Crippen LogP contribution < -0.4 is 0 Å². The molecule has 5 heteroatoms. The summed E-state index contributed by atoms with van der Waals surface area (Å²) in [5.74, 6) is -0.890. The summed E-state index contributed by atoms with van der Waals surface area (Å²) < 4.78 is 0. The van der Waals surface area contributed by atoms with Crippen molar-refractivity contribution in [3.63, 3.8) is 0 Å². The molecular weight excluding hydrogens is 286 g/mol. The first-order valence-corrected chi connectivity index (χ1v) is 8.25. The van der Waals surface area contributed by atoms with E-state index in [9.17, 15) is 9.59 Å². The highest BCUT2D eigenvalue weighted by molar-refractivity contribution is 7.14. The van der Waals surface area contributed by atoms with Gasteiger partial charge >= 0.3 is 5.97 Å². The van der Waals surface area contributed by atoms with Gasteiger partial charge < -0.3 is 10.0 Å². The number of likely N-dealkylation sites (tertiary alicyclic amines) is 1. The standard InChI is InChI=1S/C16H21NO3S/c1-2-12-6-4-3-5-11-17(12)16(20)14-9-7-13(21-14)8-10-15(18)19/h7-10,12H,2-6,11H2,1H3,(H,18,19)/b10-8+. The van der Waals surface area contributed by atoms with Crippen molar-refractivity contribution in [3.05, 3.63) is 28.0 Å². The molecule has 2 heterocycles. The van der Waals surface area contributed by atoms with E-state index in [2.05, 4.69) is 6.92 Å². The van der Waals surface area contributed by atoms with Crippen molar-refractivity contribution in [3.8, 4) is 0 Å². The number of rotatable bonds is 4. The Bertz CT molecular complexity index is 535. The SMILES string of the molecule is CCC1CCCCCN1C(=O)c1ccc(/C=C/C(=O)O)s1. The molecule has 1 atom stereocenters. The van der Waals surface area contributed by atoms with Crippen LogP contribution >= 0.6 is 11.3 Å². The number of carbonyl (C=O) groups excluding carboxylic acids is 1. The molecule has 0 aliphatic carbocycles. The van der Waals surface area contributed by atoms with Gasteiger partial charge in [-0.2, -0.15) is 0 Å². The smallest absolute Gasteiger partial charge is 0.328 e. The van der Waals surface area contributed by atoms with Gasteiger partial charge in [-0.1, -0.05) is 19.8 Å². The first-order valence-electron chi connectivity index (χ1n) is 7.43. The van der Waals surface area contributed by atoms with Gasteiger partial charge in [0.2, 0.25) is 0 Å². The summed E-state index contributed by atoms with van der Waals surface area (Å²) in [6.07, 6.45) is 8.16. The average molecular weight is 307 g/mol. The molecular formula is C16H21NO3S. The molecule has 1 fully saturated rings. The van der Waals surface area contributed by atoms with E-state index in [0.717, 1.165) is 36.8 Å². The second kappa shape index (κ2) is 7.41. The number of carboxylic acid groups (broad SMARTS) is 1. The highest BCUT2D eigenvalue weighted by Gasteiger charge is 2.25. The zero-order valence-corrected chi connectivity index (χ0v) is 13.1. The molecule has 2 rings (SSSR count). The molecule has 21 heavy (non-hydrogen) atoms. The lowest BCUT2D eigenvalue weighted by Gasteiger charge is -2.28. The van der Waals surface area contributed by atoms with E-state index >= 15 is 0 Å². The molecule has 0 bridgehead atoms. The summed E-state index contributed by atoms with van der Waals surface area (Å²) in [5.41, 5.74) is 0. The maximum absolute atomic E-state index is 12.7. The van der Waals surface area contributed by atoms with Crippen molar-refractivity contribution < 1.29 is 14.7 Å². The van der Waals surface area contributed by atoms with Crippen molar-refractivity contribution in [2.24, 2.45) is 0 Å². The third-order valence-corrected chi connectivity index (χ3v) is 4.88. The first-order chi connectivity index (χ1) is 10.1. The molecule has 4 nitrogen and oxygen atoms in total. The lowest BCUT2D eigenvalue weighted by atomic mass is 10.1. The van der Waals surface area contributed by atoms with Gasteiger partial charge in [-0.25, -0.2) is 4.79 Å². The predicted octanol–water partition coefficient (Wildman–Crippen LogP) is 3.64. The summed E-state index contributed by atoms with van der Waals surface area (Å²) in [6, 6.07) is 3.93. The third kappa shape index (κ3) is 4.17. The first kappa shape index (κ1) is 15.8. The summed E-state index contributed by atoms with van der Waals surface area (Å²) in [4.78, 5) is 26.7. The molecule has 1 unspecified atom stereocenters. The minimum atomic E-state index is -0.977. The zero-order valence-electron chi connectivity index (χ0n) is 12.2. The summed E-state index contributed by atoms with van der Waals surface area (Å²) in [7, 11) is 0. The largest absolute Gasteiger partial charge is 0.478 e. The molecule has 0 radical (unpaired) electrons. The van der Waals surface area contributed by atoms with Crippen molar-refractivity contribution in [2.75, 3.05) is 6.54 Å². The normalized spacial score (nSPS) is 19.7. The monoisotopic (exact) mass is 307 g/mol. The van der Waals surface area contributed by atoms with E-state index < -0.39 is 5.97 Å². The Hall–Kier alpha value is -1.62. The number of aliphatic carboxylic acids is 1. The van der Waals surface area contributed by atoms with Crippen LogP contribution in [0.4, 0.5) is 0 Å². The number of hydrogen-bond donors (Lipinski definition) is 1. The second-order valence-corrected chi connectivity index (χ2v) is 6.40. The van der Waals surface area contributed by atoms with Gasteiger partial charge in [-0.05, 0) is 37.5 Å². The molecule has 0 aromatic carbocycles. The van der Waals surface area contributed by atoms with Gasteiger partial charge in [0.05, 0.1) is 4.88 Å². The van der Waals surface area contributed by atoms with Crippen LogP contribution in [0.15, 0.2) is 18.2 Å². The molecule has 1 aliphatic heterocycles. The highest BCUT2D eigenvalue weighted by atomic mass is 32.1. The van der Waals surface area contributed by atoms with Gasteiger partial charge in [0.25, 0.3) is 5.91 Å². The molecule has 1 N–H and O–H groups in total. The Morgan fingerprint density at radius 1 is 1.38 bits per heavy atom. The maximum Gasteiger partial charge on any atom is 0.328 e. The molecule has 1 aliphatic rings. The number of carbonyl (C=O) groups is 2. The van der Waals surface area contributed by atoms with Crippen LogP contribution in [-0.4, -0.2) is 34.5 Å². The van der Waals surface area contributed by atoms with Crippen LogP contribution in [0.3, 0.4) is 0 Å². The van der Waals surface area contributed by atoms with E-state index in [1.54, 1.807) is 12.1 Å². The Balaban J connectivity index is 2.12. The summed E-state index contributed by atoms with van der Waals surface area (Å²) >= 11 is 1.35. The fourth-order valence-corrected chi connectivity index (χ4v) is 3.59. The number of nitrogens with zero attached hydrogens (tertiary/aromatic N) is 1. The Kier molecular flexibility index (Phi) is 5.56.